The molecule has 3 aromatic carbocycles. The monoisotopic (exact) mass is 507 g/mol. The average Bonchev–Trinajstić information content (AvgIpc) is 3.27. The van der Waals surface area contributed by atoms with Crippen molar-refractivity contribution < 1.29 is 23.9 Å². The summed E-state index contributed by atoms with van der Waals surface area (Å²) >= 11 is 0. The van der Waals surface area contributed by atoms with Gasteiger partial charge < -0.3 is 9.30 Å². The van der Waals surface area contributed by atoms with Gasteiger partial charge in [0.05, 0.1) is 18.4 Å². The Bertz CT molecular complexity index is 1630. The zero-order chi connectivity index (χ0) is 26.8. The van der Waals surface area contributed by atoms with Crippen LogP contribution in [0.4, 0.5) is 10.5 Å². The Kier molecular flexibility index (Phi) is 6.62. The molecule has 0 saturated carbocycles. The standard InChI is InChI=1S/C30H25N3O5/c1-3-20-10-4-6-13-25(20)33-28(35)24(27(34)31-30(33)37)16-22-18-32(26-14-7-5-12-23(22)26)17-19-9-8-11-21(15-19)29(36)38-2/h4-16,18H,3,17H2,1-2H3,(H,31,34,37)/b24-16+. The number of nitrogens with zero attached hydrogens (tertiary/aromatic N) is 2. The van der Waals surface area contributed by atoms with E-state index in [1.807, 2.05) is 60.2 Å². The summed E-state index contributed by atoms with van der Waals surface area (Å²) in [6.07, 6.45) is 3.99. The summed E-state index contributed by atoms with van der Waals surface area (Å²) in [7, 11) is 1.34. The van der Waals surface area contributed by atoms with Crippen molar-refractivity contribution in [2.24, 2.45) is 0 Å². The minimum atomic E-state index is -0.772. The molecule has 1 aliphatic rings. The van der Waals surface area contributed by atoms with E-state index in [9.17, 15) is 19.2 Å². The molecule has 0 atom stereocenters. The van der Waals surface area contributed by atoms with Crippen molar-refractivity contribution in [3.63, 3.8) is 0 Å². The lowest BCUT2D eigenvalue weighted by molar-refractivity contribution is -0.122. The van der Waals surface area contributed by atoms with E-state index in [0.29, 0.717) is 29.8 Å². The number of esters is 1. The number of imide groups is 2. The molecule has 1 aromatic heterocycles. The molecule has 4 amide bonds. The number of aryl methyl sites for hydroxylation is 1. The summed E-state index contributed by atoms with van der Waals surface area (Å²) in [4.78, 5) is 52.0. The zero-order valence-electron chi connectivity index (χ0n) is 20.9. The van der Waals surface area contributed by atoms with Gasteiger partial charge in [0.15, 0.2) is 0 Å². The van der Waals surface area contributed by atoms with Gasteiger partial charge in [-0.05, 0) is 47.9 Å². The third-order valence-electron chi connectivity index (χ3n) is 6.54. The number of hydrogen-bond donors (Lipinski definition) is 1. The first kappa shape index (κ1) is 24.7. The largest absolute Gasteiger partial charge is 0.465 e. The van der Waals surface area contributed by atoms with Crippen LogP contribution in [0.1, 0.15) is 34.0 Å². The fourth-order valence-corrected chi connectivity index (χ4v) is 4.69. The van der Waals surface area contributed by atoms with Crippen molar-refractivity contribution in [3.05, 3.63) is 107 Å². The first-order valence-electron chi connectivity index (χ1n) is 12.2. The van der Waals surface area contributed by atoms with Gasteiger partial charge in [0.1, 0.15) is 5.57 Å². The molecule has 0 unspecified atom stereocenters. The quantitative estimate of drug-likeness (QED) is 0.232. The number of methoxy groups -OCH3 is 1. The Hall–Kier alpha value is -4.98. The first-order valence-corrected chi connectivity index (χ1v) is 12.2. The molecule has 0 radical (unpaired) electrons. The van der Waals surface area contributed by atoms with Gasteiger partial charge >= 0.3 is 12.0 Å². The third-order valence-corrected chi connectivity index (χ3v) is 6.54. The summed E-state index contributed by atoms with van der Waals surface area (Å²) in [5.41, 5.74) is 4.00. The Morgan fingerprint density at radius 2 is 1.74 bits per heavy atom. The van der Waals surface area contributed by atoms with Crippen molar-refractivity contribution in [2.75, 3.05) is 12.0 Å². The van der Waals surface area contributed by atoms with E-state index < -0.39 is 23.8 Å². The summed E-state index contributed by atoms with van der Waals surface area (Å²) < 4.78 is 6.82. The van der Waals surface area contributed by atoms with Crippen molar-refractivity contribution in [3.8, 4) is 0 Å². The number of fused-ring (bicyclic) bond motifs is 1. The number of aromatic nitrogens is 1. The van der Waals surface area contributed by atoms with Crippen molar-refractivity contribution >= 4 is 46.5 Å². The highest BCUT2D eigenvalue weighted by Gasteiger charge is 2.37. The molecular weight excluding hydrogens is 482 g/mol. The summed E-state index contributed by atoms with van der Waals surface area (Å²) in [5, 5.41) is 3.14. The van der Waals surface area contributed by atoms with Gasteiger partial charge in [-0.25, -0.2) is 14.5 Å². The fourth-order valence-electron chi connectivity index (χ4n) is 4.69. The average molecular weight is 508 g/mol. The number of carbonyl (C=O) groups is 4. The van der Waals surface area contributed by atoms with Gasteiger partial charge in [-0.2, -0.15) is 0 Å². The van der Waals surface area contributed by atoms with E-state index in [1.54, 1.807) is 30.3 Å². The number of hydrogen-bond acceptors (Lipinski definition) is 5. The zero-order valence-corrected chi connectivity index (χ0v) is 20.9. The van der Waals surface area contributed by atoms with Crippen LogP contribution >= 0.6 is 0 Å². The molecular formula is C30H25N3O5. The number of para-hydroxylation sites is 2. The smallest absolute Gasteiger partial charge is 0.337 e. The highest BCUT2D eigenvalue weighted by Crippen LogP contribution is 2.29. The minimum absolute atomic E-state index is 0.133. The molecule has 0 bridgehead atoms. The maximum atomic E-state index is 13.5. The van der Waals surface area contributed by atoms with Crippen LogP contribution in [0.25, 0.3) is 17.0 Å². The van der Waals surface area contributed by atoms with Crippen LogP contribution in [0, 0.1) is 0 Å². The van der Waals surface area contributed by atoms with Gasteiger partial charge in [0.25, 0.3) is 11.8 Å². The van der Waals surface area contributed by atoms with Gasteiger partial charge in [-0.3, -0.25) is 14.9 Å². The molecule has 2 heterocycles. The number of anilines is 1. The maximum Gasteiger partial charge on any atom is 0.337 e. The number of nitrogens with one attached hydrogen (secondary N) is 1. The number of amides is 4. The topological polar surface area (TPSA) is 97.7 Å². The highest BCUT2D eigenvalue weighted by molar-refractivity contribution is 6.39. The number of benzene rings is 3. The van der Waals surface area contributed by atoms with Crippen molar-refractivity contribution in [1.82, 2.24) is 9.88 Å². The van der Waals surface area contributed by atoms with Gasteiger partial charge in [-0.15, -0.1) is 0 Å². The third kappa shape index (κ3) is 4.48. The van der Waals surface area contributed by atoms with E-state index in [-0.39, 0.29) is 5.57 Å². The Morgan fingerprint density at radius 3 is 2.53 bits per heavy atom. The molecule has 4 aromatic rings. The van der Waals surface area contributed by atoms with E-state index >= 15 is 0 Å². The Labute approximate surface area is 219 Å². The predicted molar refractivity (Wildman–Crippen MR) is 144 cm³/mol. The number of rotatable bonds is 6. The Balaban J connectivity index is 1.55. The molecule has 0 spiro atoms. The van der Waals surface area contributed by atoms with Crippen LogP contribution in [0.2, 0.25) is 0 Å². The van der Waals surface area contributed by atoms with Crippen LogP contribution in [0.15, 0.2) is 84.6 Å². The second-order valence-electron chi connectivity index (χ2n) is 8.86. The molecule has 8 heteroatoms. The van der Waals surface area contributed by atoms with Gasteiger partial charge in [0.2, 0.25) is 0 Å². The van der Waals surface area contributed by atoms with E-state index in [2.05, 4.69) is 5.32 Å². The molecule has 5 rings (SSSR count). The van der Waals surface area contributed by atoms with Crippen LogP contribution in [0.3, 0.4) is 0 Å². The molecule has 0 aliphatic carbocycles. The summed E-state index contributed by atoms with van der Waals surface area (Å²) in [6.45, 7) is 2.38. The highest BCUT2D eigenvalue weighted by atomic mass is 16.5. The predicted octanol–water partition coefficient (Wildman–Crippen LogP) is 4.71. The van der Waals surface area contributed by atoms with Crippen molar-refractivity contribution in [1.29, 1.82) is 0 Å². The normalized spacial score (nSPS) is 14.7. The Morgan fingerprint density at radius 1 is 0.974 bits per heavy atom. The first-order chi connectivity index (χ1) is 18.4. The molecule has 1 fully saturated rings. The lowest BCUT2D eigenvalue weighted by Gasteiger charge is -2.27. The number of urea groups is 1. The number of carbonyl (C=O) groups excluding carboxylic acids is 4. The molecule has 1 saturated heterocycles. The van der Waals surface area contributed by atoms with Gasteiger partial charge in [0, 0.05) is 29.2 Å². The van der Waals surface area contributed by atoms with E-state index in [1.165, 1.54) is 13.2 Å². The summed E-state index contributed by atoms with van der Waals surface area (Å²) in [6, 6.07) is 21.1. The lowest BCUT2D eigenvalue weighted by Crippen LogP contribution is -2.54. The van der Waals surface area contributed by atoms with Crippen LogP contribution in [-0.4, -0.2) is 35.5 Å². The molecule has 190 valence electrons. The fraction of sp³-hybridized carbons (Fsp3) is 0.133. The van der Waals surface area contributed by atoms with E-state index in [4.69, 9.17) is 4.74 Å². The number of ether oxygens (including phenoxy) is 1. The van der Waals surface area contributed by atoms with Crippen molar-refractivity contribution in [2.45, 2.75) is 19.9 Å². The van der Waals surface area contributed by atoms with Gasteiger partial charge in [-0.1, -0.05) is 55.5 Å². The SMILES string of the molecule is CCc1ccccc1N1C(=O)NC(=O)/C(=C\c2cn(Cc3cccc(C(=O)OC)c3)c3ccccc23)C1=O. The molecule has 38 heavy (non-hydrogen) atoms. The molecule has 1 N–H and O–H groups in total. The molecule has 1 aliphatic heterocycles. The number of barbiturate groups is 1. The second-order valence-corrected chi connectivity index (χ2v) is 8.86. The summed E-state index contributed by atoms with van der Waals surface area (Å²) in [5.74, 6) is -1.84. The van der Waals surface area contributed by atoms with Crippen LogP contribution < -0.4 is 10.2 Å². The maximum absolute atomic E-state index is 13.5. The van der Waals surface area contributed by atoms with E-state index in [0.717, 1.165) is 26.9 Å². The van der Waals surface area contributed by atoms with Crippen LogP contribution in [-0.2, 0) is 27.3 Å². The minimum Gasteiger partial charge on any atom is -0.465 e. The second kappa shape index (κ2) is 10.2. The molecule has 8 nitrogen and oxygen atoms in total. The van der Waals surface area contributed by atoms with Crippen LogP contribution in [0.5, 0.6) is 0 Å². The lowest BCUT2D eigenvalue weighted by atomic mass is 10.0.